The molecule has 2 rings (SSSR count). The van der Waals surface area contributed by atoms with Gasteiger partial charge in [-0.2, -0.15) is 0 Å². The molecule has 0 aromatic heterocycles. The van der Waals surface area contributed by atoms with Gasteiger partial charge in [0.25, 0.3) is 5.91 Å². The van der Waals surface area contributed by atoms with E-state index in [9.17, 15) is 9.59 Å². The number of amides is 3. The highest BCUT2D eigenvalue weighted by Crippen LogP contribution is 2.30. The summed E-state index contributed by atoms with van der Waals surface area (Å²) >= 11 is 1.71. The van der Waals surface area contributed by atoms with Crippen LogP contribution >= 0.6 is 22.9 Å². The van der Waals surface area contributed by atoms with Crippen LogP contribution in [0.2, 0.25) is 0 Å². The lowest BCUT2D eigenvalue weighted by molar-refractivity contribution is -0.126. The van der Waals surface area contributed by atoms with Crippen LogP contribution in [0.1, 0.15) is 12.5 Å². The number of nitrogens with zero attached hydrogens (tertiary/aromatic N) is 1. The largest absolute Gasteiger partial charge is 0.334 e. The maximum atomic E-state index is 11.9. The molecular formula is C10H9IN2O2. The summed E-state index contributed by atoms with van der Waals surface area (Å²) in [5.74, 6) is -0.237. The minimum atomic E-state index is -0.931. The van der Waals surface area contributed by atoms with Crippen LogP contribution in [-0.2, 0) is 10.3 Å². The second kappa shape index (κ2) is 3.48. The predicted octanol–water partition coefficient (Wildman–Crippen LogP) is 1.80. The topological polar surface area (TPSA) is 49.4 Å². The molecule has 0 spiro atoms. The van der Waals surface area contributed by atoms with E-state index in [1.54, 1.807) is 29.8 Å². The molecule has 1 fully saturated rings. The summed E-state index contributed by atoms with van der Waals surface area (Å²) < 4.78 is 1.07. The Kier molecular flexibility index (Phi) is 2.41. The molecule has 78 valence electrons. The molecule has 0 aliphatic carbocycles. The average Bonchev–Trinajstić information content (AvgIpc) is 2.45. The van der Waals surface area contributed by atoms with Crippen LogP contribution in [-0.4, -0.2) is 15.1 Å². The predicted molar refractivity (Wildman–Crippen MR) is 63.2 cm³/mol. The molecule has 0 radical (unpaired) electrons. The van der Waals surface area contributed by atoms with E-state index in [0.717, 1.165) is 8.68 Å². The number of carbonyl (C=O) groups excluding carboxylic acids is 2. The van der Waals surface area contributed by atoms with Gasteiger partial charge in [-0.05, 0) is 12.5 Å². The monoisotopic (exact) mass is 316 g/mol. The highest BCUT2D eigenvalue weighted by molar-refractivity contribution is 14.1. The Morgan fingerprint density at radius 3 is 2.33 bits per heavy atom. The molecular weight excluding hydrogens is 307 g/mol. The Labute approximate surface area is 101 Å². The van der Waals surface area contributed by atoms with Gasteiger partial charge < -0.3 is 5.32 Å². The molecule has 1 N–H and O–H groups in total. The zero-order valence-corrected chi connectivity index (χ0v) is 10.2. The Bertz CT molecular complexity index is 421. The van der Waals surface area contributed by atoms with E-state index in [1.165, 1.54) is 0 Å². The molecule has 0 saturated carbocycles. The normalized spacial score (nSPS) is 25.6. The van der Waals surface area contributed by atoms with Crippen LogP contribution in [0.15, 0.2) is 30.3 Å². The van der Waals surface area contributed by atoms with Gasteiger partial charge in [-0.25, -0.2) is 7.91 Å². The molecule has 3 amide bonds. The Balaban J connectivity index is 2.45. The van der Waals surface area contributed by atoms with Gasteiger partial charge in [-0.1, -0.05) is 30.3 Å². The van der Waals surface area contributed by atoms with Crippen molar-refractivity contribution in [1.29, 1.82) is 0 Å². The summed E-state index contributed by atoms with van der Waals surface area (Å²) in [7, 11) is 0. The van der Waals surface area contributed by atoms with Crippen molar-refractivity contribution in [2.45, 2.75) is 12.5 Å². The minimum Gasteiger partial charge on any atom is -0.319 e. The molecule has 1 aliphatic heterocycles. The van der Waals surface area contributed by atoms with Crippen molar-refractivity contribution in [3.8, 4) is 0 Å². The number of imide groups is 1. The molecule has 1 saturated heterocycles. The van der Waals surface area contributed by atoms with Crippen LogP contribution in [0.3, 0.4) is 0 Å². The van der Waals surface area contributed by atoms with E-state index < -0.39 is 5.54 Å². The second-order valence-corrected chi connectivity index (χ2v) is 4.47. The van der Waals surface area contributed by atoms with Crippen molar-refractivity contribution < 1.29 is 9.59 Å². The van der Waals surface area contributed by atoms with Crippen molar-refractivity contribution in [2.24, 2.45) is 0 Å². The van der Waals surface area contributed by atoms with Gasteiger partial charge in [-0.3, -0.25) is 4.79 Å². The van der Waals surface area contributed by atoms with E-state index in [2.05, 4.69) is 5.32 Å². The van der Waals surface area contributed by atoms with Gasteiger partial charge in [0.2, 0.25) is 0 Å². The van der Waals surface area contributed by atoms with Gasteiger partial charge >= 0.3 is 6.03 Å². The quantitative estimate of drug-likeness (QED) is 0.488. The number of rotatable bonds is 1. The maximum Gasteiger partial charge on any atom is 0.334 e. The van der Waals surface area contributed by atoms with E-state index in [4.69, 9.17) is 0 Å². The van der Waals surface area contributed by atoms with Crippen LogP contribution in [0, 0.1) is 0 Å². The van der Waals surface area contributed by atoms with Crippen molar-refractivity contribution in [2.75, 3.05) is 0 Å². The number of urea groups is 1. The Morgan fingerprint density at radius 2 is 1.87 bits per heavy atom. The highest BCUT2D eigenvalue weighted by atomic mass is 127. The summed E-state index contributed by atoms with van der Waals surface area (Å²) in [6, 6.07) is 8.84. The van der Waals surface area contributed by atoms with Crippen LogP contribution in [0.4, 0.5) is 4.79 Å². The van der Waals surface area contributed by atoms with E-state index in [1.807, 2.05) is 30.3 Å². The number of benzene rings is 1. The number of halogens is 1. The summed E-state index contributed by atoms with van der Waals surface area (Å²) in [4.78, 5) is 23.2. The first-order valence-electron chi connectivity index (χ1n) is 4.44. The van der Waals surface area contributed by atoms with E-state index in [0.29, 0.717) is 0 Å². The Morgan fingerprint density at radius 1 is 1.27 bits per heavy atom. The smallest absolute Gasteiger partial charge is 0.319 e. The number of hydrogen-bond donors (Lipinski definition) is 1. The van der Waals surface area contributed by atoms with Crippen molar-refractivity contribution >= 4 is 34.8 Å². The summed E-state index contributed by atoms with van der Waals surface area (Å²) in [5.41, 5.74) is -0.137. The van der Waals surface area contributed by atoms with Crippen molar-refractivity contribution in [3.05, 3.63) is 35.9 Å². The third-order valence-electron chi connectivity index (χ3n) is 2.49. The lowest BCUT2D eigenvalue weighted by Gasteiger charge is -2.20. The summed E-state index contributed by atoms with van der Waals surface area (Å²) in [5, 5.41) is 2.68. The van der Waals surface area contributed by atoms with Crippen molar-refractivity contribution in [1.82, 2.24) is 8.43 Å². The van der Waals surface area contributed by atoms with Crippen LogP contribution in [0.5, 0.6) is 0 Å². The molecule has 1 heterocycles. The molecule has 1 atom stereocenters. The van der Waals surface area contributed by atoms with Gasteiger partial charge in [-0.15, -0.1) is 0 Å². The third-order valence-corrected chi connectivity index (χ3v) is 3.37. The molecule has 1 aromatic rings. The zero-order chi connectivity index (χ0) is 11.1. The molecule has 5 heteroatoms. The van der Waals surface area contributed by atoms with Gasteiger partial charge in [0.1, 0.15) is 5.54 Å². The third kappa shape index (κ3) is 1.50. The van der Waals surface area contributed by atoms with Crippen LogP contribution < -0.4 is 5.32 Å². The molecule has 1 aliphatic rings. The summed E-state index contributed by atoms with van der Waals surface area (Å²) in [6.07, 6.45) is 0. The van der Waals surface area contributed by atoms with Gasteiger partial charge in [0, 0.05) is 0 Å². The first kappa shape index (κ1) is 10.4. The van der Waals surface area contributed by atoms with E-state index >= 15 is 0 Å². The number of carbonyl (C=O) groups is 2. The number of hydrogen-bond acceptors (Lipinski definition) is 2. The molecule has 0 bridgehead atoms. The lowest BCUT2D eigenvalue weighted by atomic mass is 9.92. The van der Waals surface area contributed by atoms with Crippen molar-refractivity contribution in [3.63, 3.8) is 0 Å². The fourth-order valence-electron chi connectivity index (χ4n) is 1.57. The first-order chi connectivity index (χ1) is 7.05. The SMILES string of the molecule is CC1(c2ccccc2)NC(=O)N(I)C1=O. The number of nitrogens with one attached hydrogen (secondary N) is 1. The second-order valence-electron chi connectivity index (χ2n) is 3.51. The standard InChI is InChI=1S/C10H9IN2O2/c1-10(7-5-3-2-4-6-7)8(14)13(11)9(15)12-10/h2-6H,1H3,(H,12,15). The highest BCUT2D eigenvalue weighted by Gasteiger charge is 2.48. The minimum absolute atomic E-state index is 0.237. The summed E-state index contributed by atoms with van der Waals surface area (Å²) in [6.45, 7) is 1.71. The molecule has 1 aromatic carbocycles. The van der Waals surface area contributed by atoms with Gasteiger partial charge in [0.15, 0.2) is 0 Å². The zero-order valence-electron chi connectivity index (χ0n) is 8.03. The fourth-order valence-corrected chi connectivity index (χ4v) is 2.18. The van der Waals surface area contributed by atoms with Crippen LogP contribution in [0.25, 0.3) is 0 Å². The average molecular weight is 316 g/mol. The molecule has 4 nitrogen and oxygen atoms in total. The van der Waals surface area contributed by atoms with Gasteiger partial charge in [0.05, 0.1) is 22.9 Å². The molecule has 1 unspecified atom stereocenters. The first-order valence-corrected chi connectivity index (χ1v) is 5.40. The maximum absolute atomic E-state index is 11.9. The van der Waals surface area contributed by atoms with E-state index in [-0.39, 0.29) is 11.9 Å². The molecule has 15 heavy (non-hydrogen) atoms. The lowest BCUT2D eigenvalue weighted by Crippen LogP contribution is -2.40. The fraction of sp³-hybridized carbons (Fsp3) is 0.200. The Hall–Kier alpha value is -1.11.